The summed E-state index contributed by atoms with van der Waals surface area (Å²) >= 11 is 1.69. The third kappa shape index (κ3) is 3.54. The second kappa shape index (κ2) is 7.42. The van der Waals surface area contributed by atoms with Crippen LogP contribution in [0.5, 0.6) is 5.75 Å². The van der Waals surface area contributed by atoms with Crippen LogP contribution >= 0.6 is 11.3 Å². The summed E-state index contributed by atoms with van der Waals surface area (Å²) in [6.07, 6.45) is 0. The van der Waals surface area contributed by atoms with Gasteiger partial charge in [0.15, 0.2) is 6.04 Å². The van der Waals surface area contributed by atoms with Gasteiger partial charge in [-0.15, -0.1) is 11.3 Å². The van der Waals surface area contributed by atoms with E-state index in [1.807, 2.05) is 60.1 Å². The summed E-state index contributed by atoms with van der Waals surface area (Å²) in [5, 5.41) is 9.04. The van der Waals surface area contributed by atoms with Crippen molar-refractivity contribution in [2.45, 2.75) is 19.5 Å². The maximum Gasteiger partial charge on any atom is 0.282 e. The summed E-state index contributed by atoms with van der Waals surface area (Å²) in [5.74, 6) is 0.549. The Kier molecular flexibility index (Phi) is 4.83. The average molecular weight is 381 g/mol. The van der Waals surface area contributed by atoms with Crippen molar-refractivity contribution in [3.05, 3.63) is 58.8 Å². The molecule has 0 aliphatic rings. The fraction of sp³-hybridized carbons (Fsp3) is 0.190. The predicted molar refractivity (Wildman–Crippen MR) is 108 cm³/mol. The van der Waals surface area contributed by atoms with Crippen molar-refractivity contribution in [1.29, 1.82) is 0 Å². The number of amides is 1. The van der Waals surface area contributed by atoms with Gasteiger partial charge in [-0.1, -0.05) is 24.3 Å². The molecule has 0 fully saturated rings. The topological polar surface area (TPSA) is 68.1 Å². The predicted octanol–water partition coefficient (Wildman–Crippen LogP) is 3.75. The Balaban J connectivity index is 1.56. The van der Waals surface area contributed by atoms with Crippen molar-refractivity contribution in [2.75, 3.05) is 12.4 Å². The fourth-order valence-corrected chi connectivity index (χ4v) is 3.77. The molecule has 5 nitrogen and oxygen atoms in total. The van der Waals surface area contributed by atoms with E-state index in [0.29, 0.717) is 11.4 Å². The summed E-state index contributed by atoms with van der Waals surface area (Å²) in [6.45, 7) is 2.68. The van der Waals surface area contributed by atoms with Crippen LogP contribution in [0.25, 0.3) is 21.9 Å². The molecule has 0 bridgehead atoms. The Hall–Kier alpha value is -2.83. The second-order valence-electron chi connectivity index (χ2n) is 6.44. The Bertz CT molecular complexity index is 1090. The molecule has 2 aromatic carbocycles. The number of nitrogens with one attached hydrogen (secondary N) is 1. The number of benzene rings is 2. The number of thiophene rings is 1. The maximum atomic E-state index is 12.6. The van der Waals surface area contributed by atoms with Crippen LogP contribution in [0.3, 0.4) is 0 Å². The Morgan fingerprint density at radius 1 is 1.19 bits per heavy atom. The molecule has 0 radical (unpaired) electrons. The fourth-order valence-electron chi connectivity index (χ4n) is 3.09. The first-order chi connectivity index (χ1) is 13.2. The van der Waals surface area contributed by atoms with E-state index in [1.54, 1.807) is 18.4 Å². The van der Waals surface area contributed by atoms with E-state index < -0.39 is 0 Å². The molecule has 27 heavy (non-hydrogen) atoms. The van der Waals surface area contributed by atoms with Gasteiger partial charge >= 0.3 is 0 Å². The number of hydrogen-bond donors (Lipinski definition) is 2. The highest BCUT2D eigenvalue weighted by Crippen LogP contribution is 2.36. The van der Waals surface area contributed by atoms with Crippen LogP contribution in [0, 0.1) is 0 Å². The van der Waals surface area contributed by atoms with Crippen molar-refractivity contribution < 1.29 is 19.3 Å². The number of furan rings is 1. The largest absolute Gasteiger partial charge is 0.495 e. The molecule has 3 N–H and O–H groups in total. The number of para-hydroxylation sites is 1. The smallest absolute Gasteiger partial charge is 0.282 e. The number of anilines is 1. The van der Waals surface area contributed by atoms with Gasteiger partial charge < -0.3 is 19.8 Å². The normalized spacial score (nSPS) is 12.4. The number of rotatable bonds is 6. The lowest BCUT2D eigenvalue weighted by atomic mass is 10.1. The molecule has 4 aromatic rings. The van der Waals surface area contributed by atoms with Crippen LogP contribution in [0.1, 0.15) is 11.8 Å². The first-order valence-corrected chi connectivity index (χ1v) is 9.69. The number of fused-ring (bicyclic) bond motifs is 3. The van der Waals surface area contributed by atoms with Crippen molar-refractivity contribution in [3.8, 4) is 5.75 Å². The highest BCUT2D eigenvalue weighted by Gasteiger charge is 2.19. The van der Waals surface area contributed by atoms with E-state index in [2.05, 4.69) is 11.4 Å². The van der Waals surface area contributed by atoms with E-state index in [9.17, 15) is 4.79 Å². The summed E-state index contributed by atoms with van der Waals surface area (Å²) in [4.78, 5) is 13.9. The molecular formula is C21H21N2O3S+. The summed E-state index contributed by atoms with van der Waals surface area (Å²) in [7, 11) is 1.60. The standard InChI is InChI=1S/C21H20N2O3S/c1-13(22-12-14-6-5-9-27-14)21(24)23-17-11-19-16(10-20(17)25-2)15-7-3-4-8-18(15)26-19/h3-11,13,22H,12H2,1-2H3,(H,23,24)/p+1/t13-/m1/s1. The molecule has 6 heteroatoms. The first kappa shape index (κ1) is 17.6. The Morgan fingerprint density at radius 3 is 2.81 bits per heavy atom. The first-order valence-electron chi connectivity index (χ1n) is 8.81. The minimum absolute atomic E-state index is 0.0692. The minimum Gasteiger partial charge on any atom is -0.495 e. The zero-order valence-electron chi connectivity index (χ0n) is 15.2. The molecule has 0 saturated carbocycles. The molecular weight excluding hydrogens is 360 g/mol. The number of ether oxygens (including phenoxy) is 1. The van der Waals surface area contributed by atoms with Crippen molar-refractivity contribution in [3.63, 3.8) is 0 Å². The van der Waals surface area contributed by atoms with Gasteiger partial charge in [0.25, 0.3) is 5.91 Å². The molecule has 0 spiro atoms. The number of hydrogen-bond acceptors (Lipinski definition) is 4. The number of methoxy groups -OCH3 is 1. The van der Waals surface area contributed by atoms with Crippen LogP contribution in [-0.2, 0) is 11.3 Å². The molecule has 1 amide bonds. The molecule has 1 atom stereocenters. The zero-order valence-corrected chi connectivity index (χ0v) is 16.0. The van der Waals surface area contributed by atoms with E-state index in [-0.39, 0.29) is 11.9 Å². The van der Waals surface area contributed by atoms with Gasteiger partial charge in [-0.25, -0.2) is 0 Å². The molecule has 0 saturated heterocycles. The van der Waals surface area contributed by atoms with Crippen molar-refractivity contribution in [2.24, 2.45) is 0 Å². The van der Waals surface area contributed by atoms with Crippen LogP contribution < -0.4 is 15.4 Å². The molecule has 138 valence electrons. The van der Waals surface area contributed by atoms with Crippen molar-refractivity contribution >= 4 is 44.9 Å². The van der Waals surface area contributed by atoms with Gasteiger partial charge in [-0.05, 0) is 30.5 Å². The summed E-state index contributed by atoms with van der Waals surface area (Å²) in [5.41, 5.74) is 2.16. The van der Waals surface area contributed by atoms with E-state index in [0.717, 1.165) is 28.5 Å². The number of nitrogens with two attached hydrogens (primary N) is 1. The maximum absolute atomic E-state index is 12.6. The highest BCUT2D eigenvalue weighted by molar-refractivity contribution is 7.09. The average Bonchev–Trinajstić information content (AvgIpc) is 3.32. The number of carbonyl (C=O) groups is 1. The third-order valence-electron chi connectivity index (χ3n) is 4.62. The van der Waals surface area contributed by atoms with Gasteiger partial charge in [-0.2, -0.15) is 0 Å². The second-order valence-corrected chi connectivity index (χ2v) is 7.48. The third-order valence-corrected chi connectivity index (χ3v) is 5.52. The van der Waals surface area contributed by atoms with Crippen molar-refractivity contribution in [1.82, 2.24) is 0 Å². The van der Waals surface area contributed by atoms with Crippen LogP contribution in [0.4, 0.5) is 5.69 Å². The quantitative estimate of drug-likeness (QED) is 0.535. The van der Waals surface area contributed by atoms with Gasteiger partial charge in [-0.3, -0.25) is 4.79 Å². The lowest BCUT2D eigenvalue weighted by Crippen LogP contribution is -2.90. The lowest BCUT2D eigenvalue weighted by molar-refractivity contribution is -0.688. The SMILES string of the molecule is COc1cc2c(cc1NC(=O)[C@@H](C)[NH2+]Cc1cccs1)oc1ccccc12. The van der Waals surface area contributed by atoms with E-state index in [1.165, 1.54) is 4.88 Å². The monoisotopic (exact) mass is 381 g/mol. The van der Waals surface area contributed by atoms with Crippen LogP contribution in [-0.4, -0.2) is 19.1 Å². The Morgan fingerprint density at radius 2 is 2.04 bits per heavy atom. The van der Waals surface area contributed by atoms with Gasteiger partial charge in [0.2, 0.25) is 0 Å². The zero-order chi connectivity index (χ0) is 18.8. The van der Waals surface area contributed by atoms with Crippen LogP contribution in [0.2, 0.25) is 0 Å². The lowest BCUT2D eigenvalue weighted by Gasteiger charge is -2.13. The minimum atomic E-state index is -0.219. The van der Waals surface area contributed by atoms with E-state index in [4.69, 9.17) is 9.15 Å². The molecule has 2 heterocycles. The molecule has 4 rings (SSSR count). The summed E-state index contributed by atoms with van der Waals surface area (Å²) in [6, 6.07) is 15.5. The number of quaternary nitrogens is 1. The Labute approximate surface area is 160 Å². The highest BCUT2D eigenvalue weighted by atomic mass is 32.1. The molecule has 0 unspecified atom stereocenters. The van der Waals surface area contributed by atoms with Gasteiger partial charge in [0.05, 0.1) is 17.7 Å². The molecule has 2 aromatic heterocycles. The van der Waals surface area contributed by atoms with Crippen LogP contribution in [0.15, 0.2) is 58.3 Å². The van der Waals surface area contributed by atoms with Gasteiger partial charge in [0, 0.05) is 16.8 Å². The number of carbonyl (C=O) groups excluding carboxylic acids is 1. The van der Waals surface area contributed by atoms with E-state index >= 15 is 0 Å². The van der Waals surface area contributed by atoms with Gasteiger partial charge in [0.1, 0.15) is 23.5 Å². The molecule has 0 aliphatic heterocycles. The molecule has 0 aliphatic carbocycles. The summed E-state index contributed by atoms with van der Waals surface area (Å²) < 4.78 is 11.4.